The maximum absolute atomic E-state index is 8.74. The first-order valence-corrected chi connectivity index (χ1v) is 3.90. The average molecular weight is 180 g/mol. The van der Waals surface area contributed by atoms with Gasteiger partial charge in [0.2, 0.25) is 0 Å². The van der Waals surface area contributed by atoms with Gasteiger partial charge in [0.25, 0.3) is 0 Å². The molecule has 0 aromatic carbocycles. The molecule has 0 fully saturated rings. The van der Waals surface area contributed by atoms with E-state index in [0.717, 1.165) is 0 Å². The van der Waals surface area contributed by atoms with E-state index in [2.05, 4.69) is 0 Å². The van der Waals surface area contributed by atoms with Gasteiger partial charge in [0.1, 0.15) is 0 Å². The summed E-state index contributed by atoms with van der Waals surface area (Å²) in [6.45, 7) is 0. The predicted molar refractivity (Wildman–Crippen MR) is 27.8 cm³/mol. The molecule has 0 atom stereocenters. The fourth-order valence-corrected chi connectivity index (χ4v) is 0. The van der Waals surface area contributed by atoms with Crippen LogP contribution in [0.15, 0.2) is 0 Å². The molecule has 7 nitrogen and oxygen atoms in total. The van der Waals surface area contributed by atoms with Gasteiger partial charge < -0.3 is 14.7 Å². The van der Waals surface area contributed by atoms with Gasteiger partial charge in [0.15, 0.2) is 0 Å². The molecule has 0 bridgehead atoms. The van der Waals surface area contributed by atoms with Crippen LogP contribution in [0.1, 0.15) is 0 Å². The van der Waals surface area contributed by atoms with E-state index in [9.17, 15) is 0 Å². The molecule has 0 unspecified atom stereocenters. The maximum Gasteiger partial charge on any atom is 0.394 e. The molecule has 0 rings (SSSR count). The average Bonchev–Trinajstić information content (AvgIpc) is 1.19. The highest BCUT2D eigenvalue weighted by molar-refractivity contribution is 7.79. The molecule has 0 aliphatic carbocycles. The van der Waals surface area contributed by atoms with Crippen LogP contribution >= 0.6 is 8.60 Å². The van der Waals surface area contributed by atoms with Crippen molar-refractivity contribution in [2.45, 2.75) is 0 Å². The third kappa shape index (κ3) is 9640. The maximum atomic E-state index is 8.74. The van der Waals surface area contributed by atoms with Crippen molar-refractivity contribution in [2.75, 3.05) is 0 Å². The first kappa shape index (κ1) is 11.9. The minimum atomic E-state index is -4.67. The molecule has 0 aliphatic heterocycles. The Morgan fingerprint density at radius 2 is 1.00 bits per heavy atom. The van der Waals surface area contributed by atoms with E-state index in [4.69, 9.17) is 32.2 Å². The van der Waals surface area contributed by atoms with Gasteiger partial charge in [-0.25, -0.2) is 0 Å². The summed E-state index contributed by atoms with van der Waals surface area (Å²) in [5.41, 5.74) is 0. The van der Waals surface area contributed by atoms with Crippen LogP contribution in [0, 0.1) is 0 Å². The van der Waals surface area contributed by atoms with Crippen molar-refractivity contribution in [3.05, 3.63) is 0 Å². The molecule has 0 heterocycles. The largest absolute Gasteiger partial charge is 0.394 e. The second kappa shape index (κ2) is 5.00. The van der Waals surface area contributed by atoms with E-state index in [1.807, 2.05) is 0 Å². The SMILES string of the molecule is O=S(=O)(O)O.OP(O)O. The lowest BCUT2D eigenvalue weighted by atomic mass is 15.8. The molecule has 5 N–H and O–H groups in total. The Hall–Kier alpha value is 0.180. The van der Waals surface area contributed by atoms with Gasteiger partial charge in [0, 0.05) is 0 Å². The Kier molecular flexibility index (Phi) is 6.62. The summed E-state index contributed by atoms with van der Waals surface area (Å²) < 4.78 is 31.6. The topological polar surface area (TPSA) is 135 Å². The fraction of sp³-hybridized carbons (Fsp3) is 0. The lowest BCUT2D eigenvalue weighted by Crippen LogP contribution is -1.89. The molecule has 0 saturated heterocycles. The molecule has 9 heteroatoms. The van der Waals surface area contributed by atoms with E-state index in [-0.39, 0.29) is 0 Å². The summed E-state index contributed by atoms with van der Waals surface area (Å²) in [6, 6.07) is 0. The van der Waals surface area contributed by atoms with Gasteiger partial charge in [0.05, 0.1) is 0 Å². The van der Waals surface area contributed by atoms with Crippen molar-refractivity contribution in [3.8, 4) is 0 Å². The van der Waals surface area contributed by atoms with Gasteiger partial charge in [-0.05, 0) is 0 Å². The van der Waals surface area contributed by atoms with Crippen molar-refractivity contribution in [1.82, 2.24) is 0 Å². The van der Waals surface area contributed by atoms with E-state index in [1.54, 1.807) is 0 Å². The molecular weight excluding hydrogens is 175 g/mol. The van der Waals surface area contributed by atoms with Crippen LogP contribution < -0.4 is 0 Å². The molecule has 0 radical (unpaired) electrons. The normalized spacial score (nSPS) is 10.4. The minimum absolute atomic E-state index is 2.62. The van der Waals surface area contributed by atoms with E-state index < -0.39 is 19.0 Å². The Balaban J connectivity index is 0. The molecule has 0 spiro atoms. The Morgan fingerprint density at radius 1 is 1.00 bits per heavy atom. The van der Waals surface area contributed by atoms with Crippen LogP contribution in [0.5, 0.6) is 0 Å². The highest BCUT2D eigenvalue weighted by Gasteiger charge is 1.84. The zero-order valence-corrected chi connectivity index (χ0v) is 5.62. The summed E-state index contributed by atoms with van der Waals surface area (Å²) in [4.78, 5) is 21.7. The highest BCUT2D eigenvalue weighted by Crippen LogP contribution is 2.11. The Labute approximate surface area is 52.2 Å². The van der Waals surface area contributed by atoms with Gasteiger partial charge >= 0.3 is 19.0 Å². The molecule has 0 aromatic rings. The minimum Gasteiger partial charge on any atom is -0.328 e. The second-order valence-corrected chi connectivity index (χ2v) is 2.15. The molecule has 0 saturated carbocycles. The lowest BCUT2D eigenvalue weighted by molar-refractivity contribution is 0.367. The van der Waals surface area contributed by atoms with Gasteiger partial charge in [-0.1, -0.05) is 0 Å². The molecule has 0 amide bonds. The number of hydrogen-bond acceptors (Lipinski definition) is 5. The van der Waals surface area contributed by atoms with E-state index in [0.29, 0.717) is 0 Å². The van der Waals surface area contributed by atoms with Crippen LogP contribution in [-0.4, -0.2) is 32.2 Å². The standard InChI is InChI=1S/H2O4S.H3O3P/c1-5(2,3)4;1-4(2)3/h(H2,1,2,3,4);1-3H. The third-order valence-corrected chi connectivity index (χ3v) is 0. The molecule has 0 aliphatic rings. The summed E-state index contributed by atoms with van der Waals surface area (Å²) in [7, 11) is -7.29. The van der Waals surface area contributed by atoms with Crippen LogP contribution in [0.2, 0.25) is 0 Å². The Bertz CT molecular complexity index is 120. The van der Waals surface area contributed by atoms with Crippen LogP contribution in [0.3, 0.4) is 0 Å². The lowest BCUT2D eigenvalue weighted by Gasteiger charge is -1.76. The summed E-state index contributed by atoms with van der Waals surface area (Å²) in [5.74, 6) is 0. The van der Waals surface area contributed by atoms with E-state index >= 15 is 0 Å². The van der Waals surface area contributed by atoms with Gasteiger partial charge in [-0.15, -0.1) is 0 Å². The first-order chi connectivity index (χ1) is 3.73. The number of hydrogen-bond donors (Lipinski definition) is 5. The van der Waals surface area contributed by atoms with Crippen molar-refractivity contribution < 1.29 is 32.2 Å². The van der Waals surface area contributed by atoms with Crippen molar-refractivity contribution in [3.63, 3.8) is 0 Å². The monoisotopic (exact) mass is 180 g/mol. The fourth-order valence-electron chi connectivity index (χ4n) is 0. The van der Waals surface area contributed by atoms with Crippen molar-refractivity contribution >= 4 is 19.0 Å². The zero-order valence-electron chi connectivity index (χ0n) is 3.91. The van der Waals surface area contributed by atoms with Crippen LogP contribution in [0.4, 0.5) is 0 Å². The van der Waals surface area contributed by atoms with Crippen LogP contribution in [-0.2, 0) is 10.4 Å². The highest BCUT2D eigenvalue weighted by atomic mass is 32.3. The Morgan fingerprint density at radius 3 is 1.00 bits per heavy atom. The van der Waals surface area contributed by atoms with Crippen LogP contribution in [0.25, 0.3) is 0 Å². The molecule has 9 heavy (non-hydrogen) atoms. The first-order valence-electron chi connectivity index (χ1n) is 1.30. The molecule has 58 valence electrons. The molecule has 0 aromatic heterocycles. The zero-order chi connectivity index (χ0) is 8.08. The molecular formula is H5O7PS. The van der Waals surface area contributed by atoms with Crippen molar-refractivity contribution in [2.24, 2.45) is 0 Å². The predicted octanol–water partition coefficient (Wildman–Crippen LogP) is -1.46. The number of rotatable bonds is 0. The van der Waals surface area contributed by atoms with Gasteiger partial charge in [-0.3, -0.25) is 9.11 Å². The quantitative estimate of drug-likeness (QED) is 0.227. The summed E-state index contributed by atoms with van der Waals surface area (Å²) >= 11 is 0. The second-order valence-electron chi connectivity index (χ2n) is 0.716. The third-order valence-electron chi connectivity index (χ3n) is 0. The van der Waals surface area contributed by atoms with E-state index in [1.165, 1.54) is 0 Å². The summed E-state index contributed by atoms with van der Waals surface area (Å²) in [6.07, 6.45) is 0. The van der Waals surface area contributed by atoms with Gasteiger partial charge in [-0.2, -0.15) is 8.42 Å². The smallest absolute Gasteiger partial charge is 0.328 e. The summed E-state index contributed by atoms with van der Waals surface area (Å²) in [5, 5.41) is 0. The van der Waals surface area contributed by atoms with Crippen molar-refractivity contribution in [1.29, 1.82) is 0 Å².